The van der Waals surface area contributed by atoms with Crippen LogP contribution in [0, 0.1) is 0 Å². The fourth-order valence-corrected chi connectivity index (χ4v) is 3.14. The highest BCUT2D eigenvalue weighted by atomic mass is 16.6. The van der Waals surface area contributed by atoms with Gasteiger partial charge in [-0.05, 0) is 69.2 Å². The van der Waals surface area contributed by atoms with Crippen LogP contribution >= 0.6 is 0 Å². The molecule has 10 atom stereocenters. The van der Waals surface area contributed by atoms with Gasteiger partial charge in [-0.3, -0.25) is 0 Å². The molecule has 0 rings (SSSR count). The molecule has 13 heteroatoms. The Hall–Kier alpha value is -1.23. The van der Waals surface area contributed by atoms with Crippen molar-refractivity contribution < 1.29 is 62.7 Å². The van der Waals surface area contributed by atoms with Crippen LogP contribution in [-0.4, -0.2) is 148 Å². The number of rotatable bonds is 29. The van der Waals surface area contributed by atoms with Crippen LogP contribution in [-0.2, 0) is 47.4 Å². The largest absolute Gasteiger partial charge is 0.478 e. The second kappa shape index (κ2) is 29.9. The van der Waals surface area contributed by atoms with Gasteiger partial charge >= 0.3 is 5.97 Å². The van der Waals surface area contributed by atoms with Crippen LogP contribution in [0.2, 0.25) is 0 Å². The molecule has 3 N–H and O–H groups in total. The molecule has 0 spiro atoms. The molecule has 46 heavy (non-hydrogen) atoms. The molecule has 0 radical (unpaired) electrons. The molecule has 0 aliphatic rings. The molecule has 0 saturated heterocycles. The normalized spacial score (nSPS) is 18.2. The number of hydrogen-bond donors (Lipinski definition) is 3. The van der Waals surface area contributed by atoms with Gasteiger partial charge in [0.05, 0.1) is 127 Å². The number of aliphatic hydroxyl groups is 2. The number of carboxylic acid groups (broad SMARTS) is 1. The molecule has 276 valence electrons. The minimum Gasteiger partial charge on any atom is -0.478 e. The maximum atomic E-state index is 9.28. The third-order valence-corrected chi connectivity index (χ3v) is 5.98. The molecule has 0 aromatic heterocycles. The van der Waals surface area contributed by atoms with Crippen LogP contribution < -0.4 is 0 Å². The molecule has 10 unspecified atom stereocenters. The van der Waals surface area contributed by atoms with Crippen molar-refractivity contribution in [3.05, 3.63) is 12.7 Å². The Bertz CT molecular complexity index is 711. The summed E-state index contributed by atoms with van der Waals surface area (Å²) in [6, 6.07) is 0. The van der Waals surface area contributed by atoms with E-state index in [-0.39, 0.29) is 61.5 Å². The lowest BCUT2D eigenvalue weighted by Crippen LogP contribution is -2.30. The average molecular weight is 671 g/mol. The number of aliphatic carboxylic acids is 1. The van der Waals surface area contributed by atoms with E-state index in [1.165, 1.54) is 0 Å². The average Bonchev–Trinajstić information content (AvgIpc) is 3.02. The number of carboxylic acids is 1. The van der Waals surface area contributed by atoms with Crippen LogP contribution in [0.25, 0.3) is 0 Å². The second-order valence-corrected chi connectivity index (χ2v) is 11.9. The number of carbonyl (C=O) groups is 1. The monoisotopic (exact) mass is 670 g/mol. The Labute approximate surface area is 277 Å². The van der Waals surface area contributed by atoms with E-state index in [9.17, 15) is 9.90 Å². The quantitative estimate of drug-likeness (QED) is 0.0996. The number of aliphatic hydroxyl groups excluding tert-OH is 2. The first kappa shape index (κ1) is 46.9. The topological polar surface area (TPSA) is 161 Å². The van der Waals surface area contributed by atoms with Crippen molar-refractivity contribution in [1.82, 2.24) is 0 Å². The zero-order valence-electron chi connectivity index (χ0n) is 30.1. The van der Waals surface area contributed by atoms with Crippen molar-refractivity contribution in [3.63, 3.8) is 0 Å². The smallest absolute Gasteiger partial charge is 0.327 e. The summed E-state index contributed by atoms with van der Waals surface area (Å²) in [5.74, 6) is -0.981. The molecular weight excluding hydrogens is 604 g/mol. The van der Waals surface area contributed by atoms with E-state index in [2.05, 4.69) is 6.58 Å². The Morgan fingerprint density at radius 1 is 0.478 bits per heavy atom. The SMILES string of the molecule is C=CC(=O)O.CC(O)COC(C)COC(C)COC(C)COC(C)COC(C)COC(C)COC(C)COC(C)COC(C)CO. The third-order valence-electron chi connectivity index (χ3n) is 5.98. The van der Waals surface area contributed by atoms with Gasteiger partial charge < -0.3 is 58.0 Å². The lowest BCUT2D eigenvalue weighted by Gasteiger charge is -2.23. The van der Waals surface area contributed by atoms with Crippen molar-refractivity contribution in [2.45, 2.75) is 130 Å². The minimum absolute atomic E-state index is 0.00335. The summed E-state index contributed by atoms with van der Waals surface area (Å²) >= 11 is 0. The van der Waals surface area contributed by atoms with E-state index in [0.717, 1.165) is 6.08 Å². The molecular formula is C33H66O13. The van der Waals surface area contributed by atoms with Crippen LogP contribution in [0.1, 0.15) is 69.2 Å². The highest BCUT2D eigenvalue weighted by Crippen LogP contribution is 2.06. The molecule has 0 aromatic rings. The molecule has 0 amide bonds. The lowest BCUT2D eigenvalue weighted by molar-refractivity contribution is -0.131. The van der Waals surface area contributed by atoms with Gasteiger partial charge in [0.1, 0.15) is 0 Å². The van der Waals surface area contributed by atoms with Crippen molar-refractivity contribution in [3.8, 4) is 0 Å². The zero-order valence-corrected chi connectivity index (χ0v) is 30.1. The van der Waals surface area contributed by atoms with Gasteiger partial charge in [-0.15, -0.1) is 0 Å². The fraction of sp³-hybridized carbons (Fsp3) is 0.909. The predicted molar refractivity (Wildman–Crippen MR) is 175 cm³/mol. The molecule has 0 aliphatic carbocycles. The summed E-state index contributed by atoms with van der Waals surface area (Å²) in [5.41, 5.74) is 0. The van der Waals surface area contributed by atoms with Gasteiger partial charge in [-0.1, -0.05) is 6.58 Å². The van der Waals surface area contributed by atoms with E-state index in [4.69, 9.17) is 52.8 Å². The molecule has 0 fully saturated rings. The van der Waals surface area contributed by atoms with E-state index in [1.807, 2.05) is 62.3 Å². The molecule has 0 aliphatic heterocycles. The Kier molecular flexibility index (Phi) is 30.5. The Morgan fingerprint density at radius 3 is 0.804 bits per heavy atom. The summed E-state index contributed by atoms with van der Waals surface area (Å²) in [6.45, 7) is 26.0. The first-order valence-electron chi connectivity index (χ1n) is 16.3. The van der Waals surface area contributed by atoms with Crippen LogP contribution in [0.15, 0.2) is 12.7 Å². The summed E-state index contributed by atoms with van der Waals surface area (Å²) < 4.78 is 51.8. The summed E-state index contributed by atoms with van der Waals surface area (Å²) in [4.78, 5) is 9.25. The fourth-order valence-electron chi connectivity index (χ4n) is 3.14. The van der Waals surface area contributed by atoms with Gasteiger partial charge in [0.2, 0.25) is 0 Å². The maximum absolute atomic E-state index is 9.28. The highest BCUT2D eigenvalue weighted by Gasteiger charge is 2.15. The van der Waals surface area contributed by atoms with E-state index < -0.39 is 12.1 Å². The zero-order chi connectivity index (χ0) is 35.5. The summed E-state index contributed by atoms with van der Waals surface area (Å²) in [6.07, 6.45) is -0.458. The minimum atomic E-state index is -0.981. The molecule has 0 aromatic carbocycles. The third kappa shape index (κ3) is 32.7. The van der Waals surface area contributed by atoms with Gasteiger partial charge in [0, 0.05) is 6.08 Å². The summed E-state index contributed by atoms with van der Waals surface area (Å²) in [5, 5.41) is 25.9. The number of ether oxygens (including phenoxy) is 9. The first-order valence-corrected chi connectivity index (χ1v) is 16.3. The Balaban J connectivity index is 0. The molecule has 0 saturated carbocycles. The van der Waals surface area contributed by atoms with Gasteiger partial charge in [0.15, 0.2) is 0 Å². The summed E-state index contributed by atoms with van der Waals surface area (Å²) in [7, 11) is 0. The molecule has 0 heterocycles. The van der Waals surface area contributed by atoms with Gasteiger partial charge in [-0.25, -0.2) is 4.79 Å². The molecule has 13 nitrogen and oxygen atoms in total. The second-order valence-electron chi connectivity index (χ2n) is 11.9. The van der Waals surface area contributed by atoms with Gasteiger partial charge in [0.25, 0.3) is 0 Å². The maximum Gasteiger partial charge on any atom is 0.327 e. The standard InChI is InChI=1S/C30H62O11.C3H4O2/c1-21(32)12-33-23(3)14-35-25(5)16-37-27(7)18-39-29(9)20-41-30(10)19-40-28(8)17-38-26(6)15-36-24(4)13-34-22(2)11-31;1-2-3(4)5/h21-32H,11-20H2,1-10H3;2H,1H2,(H,4,5). The van der Waals surface area contributed by atoms with Crippen LogP contribution in [0.3, 0.4) is 0 Å². The first-order chi connectivity index (χ1) is 21.6. The van der Waals surface area contributed by atoms with E-state index in [0.29, 0.717) is 59.5 Å². The van der Waals surface area contributed by atoms with Gasteiger partial charge in [-0.2, -0.15) is 0 Å². The Morgan fingerprint density at radius 2 is 0.652 bits per heavy atom. The van der Waals surface area contributed by atoms with Crippen molar-refractivity contribution in [1.29, 1.82) is 0 Å². The van der Waals surface area contributed by atoms with E-state index >= 15 is 0 Å². The van der Waals surface area contributed by atoms with Crippen molar-refractivity contribution >= 4 is 5.97 Å². The van der Waals surface area contributed by atoms with Crippen molar-refractivity contribution in [2.75, 3.05) is 66.1 Å². The molecule has 0 bridgehead atoms. The highest BCUT2D eigenvalue weighted by molar-refractivity contribution is 5.78. The van der Waals surface area contributed by atoms with Crippen LogP contribution in [0.4, 0.5) is 0 Å². The van der Waals surface area contributed by atoms with Crippen LogP contribution in [0.5, 0.6) is 0 Å². The predicted octanol–water partition coefficient (Wildman–Crippen LogP) is 3.26. The van der Waals surface area contributed by atoms with E-state index in [1.54, 1.807) is 6.92 Å². The lowest BCUT2D eigenvalue weighted by atomic mass is 10.3. The van der Waals surface area contributed by atoms with Crippen molar-refractivity contribution in [2.24, 2.45) is 0 Å². The number of hydrogen-bond acceptors (Lipinski definition) is 12.